The van der Waals surface area contributed by atoms with Crippen LogP contribution in [0.25, 0.3) is 0 Å². The van der Waals surface area contributed by atoms with Gasteiger partial charge in [0.1, 0.15) is 0 Å². The summed E-state index contributed by atoms with van der Waals surface area (Å²) in [5, 5.41) is 8.78. The van der Waals surface area contributed by atoms with Gasteiger partial charge in [0.25, 0.3) is 0 Å². The van der Waals surface area contributed by atoms with Crippen LogP contribution in [0.5, 0.6) is 11.5 Å². The Kier molecular flexibility index (Phi) is 7.55. The zero-order valence-electron chi connectivity index (χ0n) is 18.7. The van der Waals surface area contributed by atoms with Crippen molar-refractivity contribution in [2.75, 3.05) is 46.9 Å². The van der Waals surface area contributed by atoms with Crippen LogP contribution in [0.3, 0.4) is 0 Å². The molecule has 0 saturated carbocycles. The minimum Gasteiger partial charge on any atom is -0.493 e. The smallest absolute Gasteiger partial charge is 0.169 e. The van der Waals surface area contributed by atoms with Crippen molar-refractivity contribution in [1.82, 2.24) is 24.9 Å². The third kappa shape index (κ3) is 5.23. The summed E-state index contributed by atoms with van der Waals surface area (Å²) in [7, 11) is 5.32. The first kappa shape index (κ1) is 22.4. The molecule has 1 aliphatic rings. The first-order chi connectivity index (χ1) is 14.4. The number of nitrogens with one attached hydrogen (secondary N) is 1. The molecule has 3 rings (SSSR count). The Morgan fingerprint density at radius 3 is 2.40 bits per heavy atom. The lowest BCUT2D eigenvalue weighted by Crippen LogP contribution is -2.51. The molecule has 1 aliphatic heterocycles. The number of thiocarbonyl (C=S) groups is 1. The molecule has 1 aromatic heterocycles. The molecule has 0 radical (unpaired) electrons. The van der Waals surface area contributed by atoms with Crippen LogP contribution >= 0.6 is 12.2 Å². The number of aromatic nitrogens is 2. The average Bonchev–Trinajstić information content (AvgIpc) is 3.00. The van der Waals surface area contributed by atoms with Crippen molar-refractivity contribution in [3.05, 3.63) is 40.7 Å². The first-order valence-corrected chi connectivity index (χ1v) is 10.8. The van der Waals surface area contributed by atoms with E-state index >= 15 is 0 Å². The van der Waals surface area contributed by atoms with Crippen LogP contribution in [0.1, 0.15) is 22.5 Å². The quantitative estimate of drug-likeness (QED) is 0.675. The summed E-state index contributed by atoms with van der Waals surface area (Å²) < 4.78 is 12.6. The monoisotopic (exact) mass is 431 g/mol. The Morgan fingerprint density at radius 1 is 1.10 bits per heavy atom. The summed E-state index contributed by atoms with van der Waals surface area (Å²) in [6, 6.07) is 6.02. The van der Waals surface area contributed by atoms with Gasteiger partial charge in [-0.05, 0) is 50.2 Å². The summed E-state index contributed by atoms with van der Waals surface area (Å²) in [6.45, 7) is 9.89. The molecule has 7 nitrogen and oxygen atoms in total. The fraction of sp³-hybridized carbons (Fsp3) is 0.545. The molecule has 1 aromatic carbocycles. The van der Waals surface area contributed by atoms with Gasteiger partial charge in [-0.1, -0.05) is 6.07 Å². The van der Waals surface area contributed by atoms with E-state index in [4.69, 9.17) is 21.7 Å². The van der Waals surface area contributed by atoms with Crippen molar-refractivity contribution in [1.29, 1.82) is 0 Å². The number of ether oxygens (including phenoxy) is 2. The van der Waals surface area contributed by atoms with E-state index < -0.39 is 0 Å². The van der Waals surface area contributed by atoms with Crippen molar-refractivity contribution < 1.29 is 9.47 Å². The molecule has 0 unspecified atom stereocenters. The van der Waals surface area contributed by atoms with Crippen LogP contribution < -0.4 is 14.8 Å². The summed E-state index contributed by atoms with van der Waals surface area (Å²) >= 11 is 5.63. The molecule has 30 heavy (non-hydrogen) atoms. The molecule has 1 N–H and O–H groups in total. The highest BCUT2D eigenvalue weighted by molar-refractivity contribution is 7.80. The van der Waals surface area contributed by atoms with E-state index in [0.29, 0.717) is 0 Å². The molecular weight excluding hydrogens is 398 g/mol. The van der Waals surface area contributed by atoms with Gasteiger partial charge < -0.3 is 19.7 Å². The van der Waals surface area contributed by atoms with Gasteiger partial charge in [0.2, 0.25) is 0 Å². The molecule has 1 fully saturated rings. The van der Waals surface area contributed by atoms with Crippen LogP contribution in [0.15, 0.2) is 18.2 Å². The number of hydrogen-bond donors (Lipinski definition) is 1. The lowest BCUT2D eigenvalue weighted by molar-refractivity contribution is 0.174. The largest absolute Gasteiger partial charge is 0.493 e. The second kappa shape index (κ2) is 10.1. The normalized spacial score (nSPS) is 14.6. The Hall–Kier alpha value is -2.32. The summed E-state index contributed by atoms with van der Waals surface area (Å²) in [6.07, 6.45) is 0.875. The van der Waals surface area contributed by atoms with Gasteiger partial charge in [-0.3, -0.25) is 9.58 Å². The fourth-order valence-electron chi connectivity index (χ4n) is 3.84. The van der Waals surface area contributed by atoms with Gasteiger partial charge in [0.05, 0.1) is 19.9 Å². The third-order valence-electron chi connectivity index (χ3n) is 5.84. The molecule has 8 heteroatoms. The van der Waals surface area contributed by atoms with Crippen LogP contribution in [-0.2, 0) is 20.0 Å². The Bertz CT molecular complexity index is 875. The SMILES string of the molecule is COc1ccc(CCNC(=S)N2CCN(Cc3c(C)nn(C)c3C)CC2)cc1OC. The highest BCUT2D eigenvalue weighted by Crippen LogP contribution is 2.27. The van der Waals surface area contributed by atoms with E-state index in [2.05, 4.69) is 40.1 Å². The Morgan fingerprint density at radius 2 is 1.80 bits per heavy atom. The first-order valence-electron chi connectivity index (χ1n) is 10.4. The van der Waals surface area contributed by atoms with Crippen LogP contribution in [0, 0.1) is 13.8 Å². The predicted octanol–water partition coefficient (Wildman–Crippen LogP) is 2.29. The minimum atomic E-state index is 0.749. The second-order valence-corrected chi connectivity index (χ2v) is 8.09. The maximum atomic E-state index is 5.63. The van der Waals surface area contributed by atoms with Crippen molar-refractivity contribution in [2.24, 2.45) is 7.05 Å². The summed E-state index contributed by atoms with van der Waals surface area (Å²) in [5.74, 6) is 1.51. The summed E-state index contributed by atoms with van der Waals surface area (Å²) in [5.41, 5.74) is 4.92. The molecule has 164 valence electrons. The third-order valence-corrected chi connectivity index (χ3v) is 6.24. The van der Waals surface area contributed by atoms with Crippen molar-refractivity contribution in [3.63, 3.8) is 0 Å². The molecular formula is C22H33N5O2S. The minimum absolute atomic E-state index is 0.749. The molecule has 1 saturated heterocycles. The Balaban J connectivity index is 1.43. The van der Waals surface area contributed by atoms with E-state index in [1.54, 1.807) is 14.2 Å². The van der Waals surface area contributed by atoms with Crippen LogP contribution in [0.4, 0.5) is 0 Å². The lowest BCUT2D eigenvalue weighted by Gasteiger charge is -2.36. The Labute approximate surface area is 184 Å². The van der Waals surface area contributed by atoms with Crippen molar-refractivity contribution in [3.8, 4) is 11.5 Å². The zero-order chi connectivity index (χ0) is 21.7. The van der Waals surface area contributed by atoms with E-state index in [-0.39, 0.29) is 0 Å². The molecule has 2 heterocycles. The van der Waals surface area contributed by atoms with Gasteiger partial charge in [-0.2, -0.15) is 5.10 Å². The van der Waals surface area contributed by atoms with Gasteiger partial charge in [-0.15, -0.1) is 0 Å². The maximum Gasteiger partial charge on any atom is 0.169 e. The van der Waals surface area contributed by atoms with E-state index in [9.17, 15) is 0 Å². The number of rotatable bonds is 7. The predicted molar refractivity (Wildman–Crippen MR) is 123 cm³/mol. The van der Waals surface area contributed by atoms with Gasteiger partial charge in [0.15, 0.2) is 16.6 Å². The van der Waals surface area contributed by atoms with Crippen LogP contribution in [0.2, 0.25) is 0 Å². The highest BCUT2D eigenvalue weighted by atomic mass is 32.1. The number of nitrogens with zero attached hydrogens (tertiary/aromatic N) is 4. The number of aryl methyl sites for hydroxylation is 2. The van der Waals surface area contributed by atoms with Crippen molar-refractivity contribution in [2.45, 2.75) is 26.8 Å². The molecule has 0 atom stereocenters. The van der Waals surface area contributed by atoms with E-state index in [1.165, 1.54) is 16.8 Å². The van der Waals surface area contributed by atoms with Crippen molar-refractivity contribution >= 4 is 17.3 Å². The molecule has 0 spiro atoms. The average molecular weight is 432 g/mol. The molecule has 0 aliphatic carbocycles. The number of hydrogen-bond acceptors (Lipinski definition) is 5. The van der Waals surface area contributed by atoms with E-state index in [0.717, 1.165) is 68.0 Å². The standard InChI is InChI=1S/C22H33N5O2S/c1-16-19(17(2)25(3)24-16)15-26-10-12-27(13-11-26)22(30)23-9-8-18-6-7-20(28-4)21(14-18)29-5/h6-7,14H,8-13,15H2,1-5H3,(H,23,30). The maximum absolute atomic E-state index is 5.63. The number of piperazine rings is 1. The fourth-order valence-corrected chi connectivity index (χ4v) is 4.13. The number of benzene rings is 1. The van der Waals surface area contributed by atoms with Gasteiger partial charge in [0, 0.05) is 57.6 Å². The van der Waals surface area contributed by atoms with Crippen LogP contribution in [-0.4, -0.2) is 71.6 Å². The van der Waals surface area contributed by atoms with Gasteiger partial charge >= 0.3 is 0 Å². The molecule has 2 aromatic rings. The van der Waals surface area contributed by atoms with Gasteiger partial charge in [-0.25, -0.2) is 0 Å². The summed E-state index contributed by atoms with van der Waals surface area (Å²) in [4.78, 5) is 4.75. The van der Waals surface area contributed by atoms with E-state index in [1.807, 2.05) is 23.9 Å². The molecule has 0 amide bonds. The molecule has 0 bridgehead atoms. The zero-order valence-corrected chi connectivity index (χ0v) is 19.5. The lowest BCUT2D eigenvalue weighted by atomic mass is 10.1. The number of methoxy groups -OCH3 is 2. The highest BCUT2D eigenvalue weighted by Gasteiger charge is 2.21. The topological polar surface area (TPSA) is 54.8 Å². The second-order valence-electron chi connectivity index (χ2n) is 7.71.